The van der Waals surface area contributed by atoms with E-state index in [2.05, 4.69) is 15.6 Å². The van der Waals surface area contributed by atoms with Crippen LogP contribution in [0.25, 0.3) is 0 Å². The molecule has 2 aliphatic carbocycles. The van der Waals surface area contributed by atoms with Crippen molar-refractivity contribution in [2.24, 2.45) is 0 Å². The standard InChI is InChI=1S/C18H20N4O4S/c1-9(15(23)22-18(25)20-11-5-6-11)26-17(24)12-7-14(10-3-4-10)21-16(27-2)13(12)8-19/h7,9-11H,3-6H2,1-2H3,(H2,20,22,23,25). The largest absolute Gasteiger partial charge is 0.449 e. The van der Waals surface area contributed by atoms with Gasteiger partial charge in [-0.3, -0.25) is 10.1 Å². The smallest absolute Gasteiger partial charge is 0.340 e. The number of aromatic nitrogens is 1. The normalized spacial score (nSPS) is 16.8. The maximum Gasteiger partial charge on any atom is 0.340 e. The second-order valence-electron chi connectivity index (χ2n) is 6.65. The van der Waals surface area contributed by atoms with Crippen LogP contribution < -0.4 is 10.6 Å². The molecule has 27 heavy (non-hydrogen) atoms. The number of carbonyl (C=O) groups is 3. The van der Waals surface area contributed by atoms with Crippen LogP contribution >= 0.6 is 11.8 Å². The number of imide groups is 1. The molecule has 2 fully saturated rings. The molecule has 1 aromatic heterocycles. The van der Waals surface area contributed by atoms with Gasteiger partial charge in [0.2, 0.25) is 0 Å². The fraction of sp³-hybridized carbons (Fsp3) is 0.500. The molecule has 0 saturated heterocycles. The zero-order valence-electron chi connectivity index (χ0n) is 15.1. The third-order valence-corrected chi connectivity index (χ3v) is 5.01. The number of nitrogens with one attached hydrogen (secondary N) is 2. The molecule has 0 spiro atoms. The summed E-state index contributed by atoms with van der Waals surface area (Å²) in [6.45, 7) is 1.38. The average Bonchev–Trinajstić information content (AvgIpc) is 3.53. The van der Waals surface area contributed by atoms with E-state index in [0.29, 0.717) is 10.9 Å². The summed E-state index contributed by atoms with van der Waals surface area (Å²) in [5.74, 6) is -1.21. The third kappa shape index (κ3) is 4.77. The second-order valence-corrected chi connectivity index (χ2v) is 7.44. The van der Waals surface area contributed by atoms with E-state index in [-0.39, 0.29) is 17.2 Å². The Labute approximate surface area is 161 Å². The number of esters is 1. The molecule has 3 rings (SSSR count). The molecular formula is C18H20N4O4S. The van der Waals surface area contributed by atoms with Gasteiger partial charge in [-0.15, -0.1) is 11.8 Å². The molecule has 1 heterocycles. The van der Waals surface area contributed by atoms with E-state index in [9.17, 15) is 19.6 Å². The molecular weight excluding hydrogens is 368 g/mol. The molecule has 9 heteroatoms. The molecule has 142 valence electrons. The van der Waals surface area contributed by atoms with Crippen LogP contribution in [0.4, 0.5) is 4.79 Å². The molecule has 2 saturated carbocycles. The molecule has 0 bridgehead atoms. The van der Waals surface area contributed by atoms with Crippen LogP contribution in [0, 0.1) is 11.3 Å². The van der Waals surface area contributed by atoms with Gasteiger partial charge in [-0.1, -0.05) is 0 Å². The molecule has 2 N–H and O–H groups in total. The quantitative estimate of drug-likeness (QED) is 0.565. The van der Waals surface area contributed by atoms with Crippen molar-refractivity contribution in [3.8, 4) is 6.07 Å². The number of ether oxygens (including phenoxy) is 1. The Kier molecular flexibility index (Phi) is 5.65. The molecule has 8 nitrogen and oxygen atoms in total. The maximum absolute atomic E-state index is 12.6. The first-order valence-corrected chi connectivity index (χ1v) is 9.96. The van der Waals surface area contributed by atoms with Crippen LogP contribution in [-0.4, -0.2) is 41.3 Å². The lowest BCUT2D eigenvalue weighted by atomic mass is 10.1. The zero-order chi connectivity index (χ0) is 19.6. The fourth-order valence-corrected chi connectivity index (χ4v) is 3.04. The van der Waals surface area contributed by atoms with Gasteiger partial charge >= 0.3 is 12.0 Å². The number of hydrogen-bond acceptors (Lipinski definition) is 7. The number of thioether (sulfide) groups is 1. The summed E-state index contributed by atoms with van der Waals surface area (Å²) in [6.07, 6.45) is 4.39. The van der Waals surface area contributed by atoms with Crippen molar-refractivity contribution < 1.29 is 19.1 Å². The molecule has 1 aromatic rings. The highest BCUT2D eigenvalue weighted by Gasteiger charge is 2.30. The first-order chi connectivity index (χ1) is 12.9. The monoisotopic (exact) mass is 388 g/mol. The molecule has 0 radical (unpaired) electrons. The van der Waals surface area contributed by atoms with Crippen LogP contribution in [0.2, 0.25) is 0 Å². The third-order valence-electron chi connectivity index (χ3n) is 4.33. The number of pyridine rings is 1. The fourth-order valence-electron chi connectivity index (χ4n) is 2.49. The first kappa shape index (κ1) is 19.2. The van der Waals surface area contributed by atoms with Crippen LogP contribution in [0.15, 0.2) is 11.1 Å². The Balaban J connectivity index is 1.70. The minimum absolute atomic E-state index is 0.0980. The van der Waals surface area contributed by atoms with Crippen molar-refractivity contribution >= 4 is 29.7 Å². The topological polar surface area (TPSA) is 121 Å². The molecule has 1 atom stereocenters. The van der Waals surface area contributed by atoms with Gasteiger partial charge in [-0.25, -0.2) is 14.6 Å². The van der Waals surface area contributed by atoms with E-state index in [0.717, 1.165) is 31.4 Å². The maximum atomic E-state index is 12.6. The lowest BCUT2D eigenvalue weighted by Gasteiger charge is -2.15. The van der Waals surface area contributed by atoms with E-state index in [1.807, 2.05) is 6.07 Å². The Bertz CT molecular complexity index is 827. The van der Waals surface area contributed by atoms with Crippen molar-refractivity contribution in [3.63, 3.8) is 0 Å². The summed E-state index contributed by atoms with van der Waals surface area (Å²) in [6, 6.07) is 3.07. The highest BCUT2D eigenvalue weighted by Crippen LogP contribution is 2.40. The molecule has 3 amide bonds. The van der Waals surface area contributed by atoms with Gasteiger partial charge in [0.15, 0.2) is 6.10 Å². The minimum Gasteiger partial charge on any atom is -0.449 e. The van der Waals surface area contributed by atoms with Gasteiger partial charge in [0.1, 0.15) is 11.1 Å². The predicted octanol–water partition coefficient (Wildman–Crippen LogP) is 2.09. The van der Waals surface area contributed by atoms with Crippen molar-refractivity contribution in [2.75, 3.05) is 6.26 Å². The molecule has 2 aliphatic rings. The van der Waals surface area contributed by atoms with Crippen LogP contribution in [0.1, 0.15) is 60.1 Å². The van der Waals surface area contributed by atoms with Gasteiger partial charge < -0.3 is 10.1 Å². The van der Waals surface area contributed by atoms with E-state index < -0.39 is 24.0 Å². The average molecular weight is 388 g/mol. The lowest BCUT2D eigenvalue weighted by Crippen LogP contribution is -2.45. The van der Waals surface area contributed by atoms with Gasteiger partial charge in [-0.2, -0.15) is 5.26 Å². The predicted molar refractivity (Wildman–Crippen MR) is 97.3 cm³/mol. The highest BCUT2D eigenvalue weighted by atomic mass is 32.2. The molecule has 0 aliphatic heterocycles. The Morgan fingerprint density at radius 3 is 2.59 bits per heavy atom. The van der Waals surface area contributed by atoms with E-state index in [1.165, 1.54) is 18.7 Å². The SMILES string of the molecule is CSc1nc(C2CC2)cc(C(=O)OC(C)C(=O)NC(=O)NC2CC2)c1C#N. The summed E-state index contributed by atoms with van der Waals surface area (Å²) in [7, 11) is 0. The van der Waals surface area contributed by atoms with Gasteiger partial charge in [0.25, 0.3) is 5.91 Å². The number of nitriles is 1. The van der Waals surface area contributed by atoms with E-state index in [1.54, 1.807) is 12.3 Å². The number of amides is 3. The number of hydrogen-bond donors (Lipinski definition) is 2. The number of urea groups is 1. The van der Waals surface area contributed by atoms with Crippen molar-refractivity contribution in [1.29, 1.82) is 5.26 Å². The van der Waals surface area contributed by atoms with Crippen molar-refractivity contribution in [3.05, 3.63) is 22.9 Å². The minimum atomic E-state index is -1.18. The Morgan fingerprint density at radius 2 is 2.04 bits per heavy atom. The number of nitrogens with zero attached hydrogens (tertiary/aromatic N) is 2. The Morgan fingerprint density at radius 1 is 1.33 bits per heavy atom. The summed E-state index contributed by atoms with van der Waals surface area (Å²) in [5.41, 5.74) is 0.989. The van der Waals surface area contributed by atoms with Gasteiger partial charge in [0.05, 0.1) is 11.1 Å². The number of carbonyl (C=O) groups excluding carboxylic acids is 3. The van der Waals surface area contributed by atoms with Crippen LogP contribution in [-0.2, 0) is 9.53 Å². The zero-order valence-corrected chi connectivity index (χ0v) is 15.9. The van der Waals surface area contributed by atoms with Crippen molar-refractivity contribution in [1.82, 2.24) is 15.6 Å². The van der Waals surface area contributed by atoms with Crippen LogP contribution in [0.5, 0.6) is 0 Å². The summed E-state index contributed by atoms with van der Waals surface area (Å²) < 4.78 is 5.20. The van der Waals surface area contributed by atoms with E-state index in [4.69, 9.17) is 4.74 Å². The Hall–Kier alpha value is -2.60. The second kappa shape index (κ2) is 7.96. The molecule has 1 unspecified atom stereocenters. The van der Waals surface area contributed by atoms with E-state index >= 15 is 0 Å². The van der Waals surface area contributed by atoms with Gasteiger partial charge in [-0.05, 0) is 44.9 Å². The van der Waals surface area contributed by atoms with Crippen molar-refractivity contribution in [2.45, 2.75) is 55.7 Å². The molecule has 0 aromatic carbocycles. The first-order valence-electron chi connectivity index (χ1n) is 8.74. The lowest BCUT2D eigenvalue weighted by molar-refractivity contribution is -0.127. The van der Waals surface area contributed by atoms with Gasteiger partial charge in [0, 0.05) is 17.7 Å². The number of rotatable bonds is 6. The summed E-state index contributed by atoms with van der Waals surface area (Å²) >= 11 is 1.28. The highest BCUT2D eigenvalue weighted by molar-refractivity contribution is 7.98. The summed E-state index contributed by atoms with van der Waals surface area (Å²) in [5, 5.41) is 14.7. The van der Waals surface area contributed by atoms with Crippen LogP contribution in [0.3, 0.4) is 0 Å². The summed E-state index contributed by atoms with van der Waals surface area (Å²) in [4.78, 5) is 40.7.